The predicted molar refractivity (Wildman–Crippen MR) is 115 cm³/mol. The third kappa shape index (κ3) is 2.73. The summed E-state index contributed by atoms with van der Waals surface area (Å²) in [5, 5.41) is 7.15. The summed E-state index contributed by atoms with van der Waals surface area (Å²) < 4.78 is 35.9. The largest absolute Gasteiger partial charge is 0.487 e. The average Bonchev–Trinajstić information content (AvgIpc) is 3.25. The van der Waals surface area contributed by atoms with Crippen molar-refractivity contribution in [2.24, 2.45) is 5.41 Å². The number of hydrogen-bond acceptors (Lipinski definition) is 5. The zero-order valence-corrected chi connectivity index (χ0v) is 17.9. The van der Waals surface area contributed by atoms with Crippen LogP contribution < -0.4 is 15.0 Å². The average molecular weight is 439 g/mol. The number of carbonyl (C=O) groups is 1. The van der Waals surface area contributed by atoms with E-state index >= 15 is 0 Å². The van der Waals surface area contributed by atoms with Gasteiger partial charge in [0, 0.05) is 50.0 Å². The molecular formula is C23H23F2N5O2. The second-order valence-corrected chi connectivity index (χ2v) is 9.76. The van der Waals surface area contributed by atoms with Crippen molar-refractivity contribution in [3.63, 3.8) is 0 Å². The van der Waals surface area contributed by atoms with Crippen molar-refractivity contribution in [3.8, 4) is 5.75 Å². The zero-order chi connectivity index (χ0) is 22.3. The van der Waals surface area contributed by atoms with Crippen molar-refractivity contribution in [1.29, 1.82) is 0 Å². The molecule has 1 aliphatic carbocycles. The van der Waals surface area contributed by atoms with Gasteiger partial charge in [-0.05, 0) is 32.4 Å². The molecule has 0 unspecified atom stereocenters. The molecule has 1 spiro atoms. The molecule has 1 N–H and O–H groups in total. The highest BCUT2D eigenvalue weighted by molar-refractivity contribution is 6.09. The third-order valence-electron chi connectivity index (χ3n) is 6.97. The van der Waals surface area contributed by atoms with Crippen LogP contribution in [0.1, 0.15) is 42.6 Å². The molecule has 3 aromatic rings. The number of amides is 1. The number of anilines is 2. The lowest BCUT2D eigenvalue weighted by molar-refractivity contribution is -0.212. The minimum absolute atomic E-state index is 0.0480. The second-order valence-electron chi connectivity index (χ2n) is 9.76. The van der Waals surface area contributed by atoms with Gasteiger partial charge in [-0.3, -0.25) is 4.79 Å². The van der Waals surface area contributed by atoms with Crippen LogP contribution in [0.25, 0.3) is 5.65 Å². The molecule has 6 rings (SSSR count). The molecule has 1 saturated heterocycles. The number of fused-ring (bicyclic) bond motifs is 2. The number of nitrogens with zero attached hydrogens (tertiary/aromatic N) is 4. The van der Waals surface area contributed by atoms with Crippen molar-refractivity contribution in [3.05, 3.63) is 47.9 Å². The van der Waals surface area contributed by atoms with Crippen molar-refractivity contribution in [2.75, 3.05) is 23.3 Å². The molecule has 0 bridgehead atoms. The smallest absolute Gasteiger partial charge is 0.261 e. The number of benzene rings is 1. The Morgan fingerprint density at radius 1 is 1.22 bits per heavy atom. The Morgan fingerprint density at radius 2 is 2.03 bits per heavy atom. The molecular weight excluding hydrogens is 416 g/mol. The fourth-order valence-corrected chi connectivity index (χ4v) is 5.09. The van der Waals surface area contributed by atoms with Gasteiger partial charge in [0.05, 0.1) is 23.0 Å². The van der Waals surface area contributed by atoms with E-state index in [0.29, 0.717) is 35.4 Å². The number of nitrogens with one attached hydrogen (secondary N) is 1. The van der Waals surface area contributed by atoms with Crippen LogP contribution in [0.5, 0.6) is 5.75 Å². The van der Waals surface area contributed by atoms with Gasteiger partial charge in [0.2, 0.25) is 0 Å². The molecule has 2 fully saturated rings. The van der Waals surface area contributed by atoms with Crippen molar-refractivity contribution >= 4 is 22.9 Å². The number of alkyl halides is 2. The molecule has 0 radical (unpaired) electrons. The highest BCUT2D eigenvalue weighted by Crippen LogP contribution is 2.60. The molecule has 1 saturated carbocycles. The fourth-order valence-electron chi connectivity index (χ4n) is 5.09. The normalized spacial score (nSPS) is 21.6. The number of carbonyl (C=O) groups excluding carboxylic acids is 1. The van der Waals surface area contributed by atoms with Gasteiger partial charge in [-0.1, -0.05) is 0 Å². The van der Waals surface area contributed by atoms with E-state index in [4.69, 9.17) is 4.74 Å². The number of ether oxygens (including phenoxy) is 1. The van der Waals surface area contributed by atoms with Gasteiger partial charge in [-0.25, -0.2) is 18.3 Å². The second kappa shape index (κ2) is 6.17. The highest BCUT2D eigenvalue weighted by Gasteiger charge is 2.67. The van der Waals surface area contributed by atoms with Crippen LogP contribution >= 0.6 is 0 Å². The zero-order valence-electron chi connectivity index (χ0n) is 17.9. The maximum absolute atomic E-state index is 14.2. The first-order valence-electron chi connectivity index (χ1n) is 10.7. The Labute approximate surface area is 183 Å². The number of hydrogen-bond donors (Lipinski definition) is 1. The lowest BCUT2D eigenvalue weighted by Crippen LogP contribution is -2.70. The van der Waals surface area contributed by atoms with Crippen LogP contribution in [-0.2, 0) is 6.42 Å². The van der Waals surface area contributed by atoms with Crippen molar-refractivity contribution in [1.82, 2.24) is 14.6 Å². The van der Waals surface area contributed by atoms with Gasteiger partial charge in [0.1, 0.15) is 16.9 Å². The topological polar surface area (TPSA) is 71.8 Å². The van der Waals surface area contributed by atoms with Crippen molar-refractivity contribution < 1.29 is 18.3 Å². The van der Waals surface area contributed by atoms with Crippen LogP contribution in [0.2, 0.25) is 0 Å². The first-order chi connectivity index (χ1) is 15.2. The van der Waals surface area contributed by atoms with E-state index in [0.717, 1.165) is 11.3 Å². The standard InChI is InChI=1S/C23H23F2N5O2/c1-21(2)10-14-8-16(28-20(31)15-11-27-30-7-3-6-26-19(15)30)17(9-18(14)32-21)29-12-22(13-29)4-5-23(22,24)25/h3,6-9,11H,4-5,10,12-13H2,1-2H3,(H,28,31). The number of halogens is 2. The van der Waals surface area contributed by atoms with Gasteiger partial charge in [0.15, 0.2) is 5.65 Å². The Kier molecular flexibility index (Phi) is 3.75. The van der Waals surface area contributed by atoms with E-state index in [1.807, 2.05) is 30.9 Å². The SMILES string of the molecule is CC1(C)Cc2cc(NC(=O)c3cnn4cccnc34)c(N3CC4(CCC4(F)F)C3)cc2O1. The fraction of sp³-hybridized carbons (Fsp3) is 0.435. The van der Waals surface area contributed by atoms with Crippen LogP contribution in [-0.4, -0.2) is 45.1 Å². The summed E-state index contributed by atoms with van der Waals surface area (Å²) in [5.41, 5.74) is 1.77. The van der Waals surface area contributed by atoms with Crippen LogP contribution in [0.15, 0.2) is 36.8 Å². The van der Waals surface area contributed by atoms with Crippen LogP contribution in [0.3, 0.4) is 0 Å². The summed E-state index contributed by atoms with van der Waals surface area (Å²) in [7, 11) is 0. The third-order valence-corrected chi connectivity index (χ3v) is 6.97. The van der Waals surface area contributed by atoms with Gasteiger partial charge < -0.3 is 15.0 Å². The lowest BCUT2D eigenvalue weighted by atomic mass is 9.60. The summed E-state index contributed by atoms with van der Waals surface area (Å²) in [6, 6.07) is 5.51. The van der Waals surface area contributed by atoms with Gasteiger partial charge >= 0.3 is 0 Å². The van der Waals surface area contributed by atoms with E-state index in [-0.39, 0.29) is 31.0 Å². The highest BCUT2D eigenvalue weighted by atomic mass is 19.3. The minimum atomic E-state index is -2.62. The van der Waals surface area contributed by atoms with Gasteiger partial charge in [-0.2, -0.15) is 5.10 Å². The van der Waals surface area contributed by atoms with Crippen LogP contribution in [0, 0.1) is 5.41 Å². The van der Waals surface area contributed by atoms with Crippen molar-refractivity contribution in [2.45, 2.75) is 44.6 Å². The maximum atomic E-state index is 14.2. The van der Waals surface area contributed by atoms with Gasteiger partial charge in [0.25, 0.3) is 11.8 Å². The predicted octanol–water partition coefficient (Wildman–Crippen LogP) is 3.93. The molecule has 0 atom stereocenters. The molecule has 7 nitrogen and oxygen atoms in total. The minimum Gasteiger partial charge on any atom is -0.487 e. The van der Waals surface area contributed by atoms with Crippen LogP contribution in [0.4, 0.5) is 20.2 Å². The molecule has 2 aliphatic heterocycles. The maximum Gasteiger partial charge on any atom is 0.261 e. The molecule has 1 amide bonds. The quantitative estimate of drug-likeness (QED) is 0.670. The molecule has 32 heavy (non-hydrogen) atoms. The van der Waals surface area contributed by atoms with E-state index < -0.39 is 11.3 Å². The molecule has 2 aromatic heterocycles. The number of aromatic nitrogens is 3. The van der Waals surface area contributed by atoms with E-state index in [1.54, 1.807) is 18.5 Å². The molecule has 3 aliphatic rings. The Morgan fingerprint density at radius 3 is 2.75 bits per heavy atom. The van der Waals surface area contributed by atoms with Gasteiger partial charge in [-0.15, -0.1) is 0 Å². The first-order valence-corrected chi connectivity index (χ1v) is 10.7. The summed E-state index contributed by atoms with van der Waals surface area (Å²) in [5.74, 6) is -2.23. The summed E-state index contributed by atoms with van der Waals surface area (Å²) in [6.45, 7) is 4.54. The molecule has 4 heterocycles. The summed E-state index contributed by atoms with van der Waals surface area (Å²) >= 11 is 0. The Balaban J connectivity index is 1.34. The molecule has 9 heteroatoms. The monoisotopic (exact) mass is 439 g/mol. The summed E-state index contributed by atoms with van der Waals surface area (Å²) in [4.78, 5) is 19.3. The Bertz CT molecular complexity index is 1260. The first kappa shape index (κ1) is 19.5. The van der Waals surface area contributed by atoms with E-state index in [1.165, 1.54) is 10.7 Å². The Hall–Kier alpha value is -3.23. The van der Waals surface area contributed by atoms with E-state index in [2.05, 4.69) is 15.4 Å². The van der Waals surface area contributed by atoms with E-state index in [9.17, 15) is 13.6 Å². The summed E-state index contributed by atoms with van der Waals surface area (Å²) in [6.07, 6.45) is 5.98. The number of rotatable bonds is 3. The lowest BCUT2D eigenvalue weighted by Gasteiger charge is -2.60. The molecule has 166 valence electrons. The molecule has 1 aromatic carbocycles.